The second-order valence-corrected chi connectivity index (χ2v) is 5.95. The zero-order valence-electron chi connectivity index (χ0n) is 14.3. The van der Waals surface area contributed by atoms with Gasteiger partial charge in [-0.15, -0.1) is 0 Å². The predicted molar refractivity (Wildman–Crippen MR) is 99.8 cm³/mol. The van der Waals surface area contributed by atoms with Gasteiger partial charge in [-0.2, -0.15) is 5.10 Å². The number of benzene rings is 1. The third-order valence-electron chi connectivity index (χ3n) is 4.09. The molecule has 3 rings (SSSR count). The topological polar surface area (TPSA) is 87.7 Å². The Hall–Kier alpha value is -3.28. The summed E-state index contributed by atoms with van der Waals surface area (Å²) in [5.41, 5.74) is 3.09. The summed E-state index contributed by atoms with van der Waals surface area (Å²) in [5, 5.41) is 9.04. The average molecular weight is 348 g/mol. The van der Waals surface area contributed by atoms with Crippen LogP contribution in [0.2, 0.25) is 0 Å². The summed E-state index contributed by atoms with van der Waals surface area (Å²) in [6.07, 6.45) is 7.58. The van der Waals surface area contributed by atoms with E-state index in [9.17, 15) is 9.59 Å². The van der Waals surface area contributed by atoms with Crippen molar-refractivity contribution in [2.24, 2.45) is 0 Å². The Bertz CT molecular complexity index is 905. The van der Waals surface area contributed by atoms with E-state index in [1.807, 2.05) is 24.3 Å². The summed E-state index contributed by atoms with van der Waals surface area (Å²) in [7, 11) is 0. The van der Waals surface area contributed by atoms with Gasteiger partial charge in [-0.25, -0.2) is 5.10 Å². The highest BCUT2D eigenvalue weighted by Gasteiger charge is 2.04. The fourth-order valence-electron chi connectivity index (χ4n) is 2.68. The number of H-pyrrole nitrogens is 1. The lowest BCUT2D eigenvalue weighted by atomic mass is 10.0. The van der Waals surface area contributed by atoms with Crippen LogP contribution in [0.4, 0.5) is 0 Å². The fraction of sp³-hybridized carbons (Fsp3) is 0.200. The first kappa shape index (κ1) is 17.5. The second kappa shape index (κ2) is 8.71. The first-order chi connectivity index (χ1) is 12.7. The summed E-state index contributed by atoms with van der Waals surface area (Å²) in [4.78, 5) is 27.6. The first-order valence-electron chi connectivity index (χ1n) is 8.55. The molecule has 2 heterocycles. The molecule has 0 bridgehead atoms. The number of hydrogen-bond acceptors (Lipinski definition) is 4. The Morgan fingerprint density at radius 2 is 1.88 bits per heavy atom. The fourth-order valence-corrected chi connectivity index (χ4v) is 2.68. The Kier molecular flexibility index (Phi) is 5.88. The number of carbonyl (C=O) groups is 1. The molecule has 2 N–H and O–H groups in total. The number of carbonyl (C=O) groups excluding carboxylic acids is 1. The zero-order valence-corrected chi connectivity index (χ0v) is 14.3. The molecule has 0 aliphatic carbocycles. The van der Waals surface area contributed by atoms with Gasteiger partial charge in [0.1, 0.15) is 0 Å². The molecular formula is C20H20N4O2. The van der Waals surface area contributed by atoms with E-state index in [0.717, 1.165) is 24.8 Å². The maximum absolute atomic E-state index is 11.9. The Balaban J connectivity index is 1.43. The van der Waals surface area contributed by atoms with E-state index in [0.29, 0.717) is 17.7 Å². The van der Waals surface area contributed by atoms with Crippen molar-refractivity contribution in [3.63, 3.8) is 0 Å². The molecule has 3 aromatic rings. The van der Waals surface area contributed by atoms with Crippen molar-refractivity contribution >= 4 is 5.91 Å². The molecule has 132 valence electrons. The van der Waals surface area contributed by atoms with Crippen LogP contribution in [0, 0.1) is 0 Å². The number of amides is 1. The summed E-state index contributed by atoms with van der Waals surface area (Å²) < 4.78 is 0. The lowest BCUT2D eigenvalue weighted by Gasteiger charge is -2.06. The molecule has 6 nitrogen and oxygen atoms in total. The van der Waals surface area contributed by atoms with Gasteiger partial charge in [0.15, 0.2) is 0 Å². The molecule has 1 amide bonds. The van der Waals surface area contributed by atoms with Crippen LogP contribution in [0.15, 0.2) is 65.8 Å². The molecule has 0 radical (unpaired) electrons. The van der Waals surface area contributed by atoms with E-state index in [1.165, 1.54) is 5.56 Å². The van der Waals surface area contributed by atoms with Gasteiger partial charge in [-0.3, -0.25) is 14.6 Å². The number of aromatic amines is 1. The van der Waals surface area contributed by atoms with Crippen molar-refractivity contribution in [1.29, 1.82) is 0 Å². The van der Waals surface area contributed by atoms with Gasteiger partial charge in [-0.1, -0.05) is 24.3 Å². The zero-order chi connectivity index (χ0) is 18.2. The Morgan fingerprint density at radius 3 is 2.62 bits per heavy atom. The van der Waals surface area contributed by atoms with Gasteiger partial charge in [0, 0.05) is 30.7 Å². The first-order valence-corrected chi connectivity index (χ1v) is 8.55. The molecular weight excluding hydrogens is 328 g/mol. The van der Waals surface area contributed by atoms with Crippen LogP contribution in [0.25, 0.3) is 11.1 Å². The summed E-state index contributed by atoms with van der Waals surface area (Å²) in [6.45, 7) is 0.637. The molecule has 0 aliphatic heterocycles. The monoisotopic (exact) mass is 348 g/mol. The number of hydrogen-bond donors (Lipinski definition) is 2. The number of aryl methyl sites for hydroxylation is 1. The maximum Gasteiger partial charge on any atom is 0.272 e. The molecule has 2 aromatic heterocycles. The van der Waals surface area contributed by atoms with Crippen LogP contribution >= 0.6 is 0 Å². The smallest absolute Gasteiger partial charge is 0.272 e. The van der Waals surface area contributed by atoms with E-state index >= 15 is 0 Å². The predicted octanol–water partition coefficient (Wildman–Crippen LogP) is 2.58. The number of aromatic nitrogens is 3. The lowest BCUT2D eigenvalue weighted by Crippen LogP contribution is -2.24. The second-order valence-electron chi connectivity index (χ2n) is 5.95. The number of rotatable bonds is 7. The third-order valence-corrected chi connectivity index (χ3v) is 4.09. The van der Waals surface area contributed by atoms with Crippen molar-refractivity contribution < 1.29 is 4.79 Å². The van der Waals surface area contributed by atoms with Crippen LogP contribution in [0.5, 0.6) is 0 Å². The largest absolute Gasteiger partial charge is 0.352 e. The van der Waals surface area contributed by atoms with Gasteiger partial charge in [0.25, 0.3) is 11.5 Å². The van der Waals surface area contributed by atoms with Crippen LogP contribution < -0.4 is 10.9 Å². The Morgan fingerprint density at radius 1 is 1.04 bits per heavy atom. The third kappa shape index (κ3) is 4.63. The molecule has 1 aromatic carbocycles. The highest BCUT2D eigenvalue weighted by molar-refractivity contribution is 5.93. The normalized spacial score (nSPS) is 10.5. The number of nitrogens with zero attached hydrogens (tertiary/aromatic N) is 2. The van der Waals surface area contributed by atoms with Gasteiger partial charge in [0.2, 0.25) is 0 Å². The number of nitrogens with one attached hydrogen (secondary N) is 2. The highest BCUT2D eigenvalue weighted by Crippen LogP contribution is 2.16. The minimum atomic E-state index is -0.190. The van der Waals surface area contributed by atoms with Gasteiger partial charge >= 0.3 is 0 Å². The molecule has 6 heteroatoms. The number of unbranched alkanes of at least 4 members (excludes halogenated alkanes) is 1. The van der Waals surface area contributed by atoms with Crippen LogP contribution in [0.1, 0.15) is 28.8 Å². The van der Waals surface area contributed by atoms with E-state index in [4.69, 9.17) is 0 Å². The Labute approximate surface area is 151 Å². The summed E-state index contributed by atoms with van der Waals surface area (Å²) in [6, 6.07) is 13.2. The van der Waals surface area contributed by atoms with E-state index in [-0.39, 0.29) is 11.5 Å². The quantitative estimate of drug-likeness (QED) is 0.643. The molecule has 0 aliphatic rings. The molecule has 0 saturated heterocycles. The SMILES string of the molecule is O=C(NCCCCc1ccc(-c2ccn[nH]c2=O)cc1)c1cccnc1. The molecule has 0 spiro atoms. The van der Waals surface area contributed by atoms with E-state index < -0.39 is 0 Å². The van der Waals surface area contributed by atoms with E-state index in [2.05, 4.69) is 20.5 Å². The summed E-state index contributed by atoms with van der Waals surface area (Å²) in [5.74, 6) is -0.0926. The lowest BCUT2D eigenvalue weighted by molar-refractivity contribution is 0.0952. The van der Waals surface area contributed by atoms with Crippen molar-refractivity contribution in [3.05, 3.63) is 82.5 Å². The van der Waals surface area contributed by atoms with E-state index in [1.54, 1.807) is 36.8 Å². The van der Waals surface area contributed by atoms with Crippen LogP contribution in [-0.4, -0.2) is 27.6 Å². The van der Waals surface area contributed by atoms with Crippen molar-refractivity contribution in [1.82, 2.24) is 20.5 Å². The van der Waals surface area contributed by atoms with Crippen LogP contribution in [0.3, 0.4) is 0 Å². The molecule has 0 fully saturated rings. The molecule has 0 saturated carbocycles. The van der Waals surface area contributed by atoms with Crippen molar-refractivity contribution in [3.8, 4) is 11.1 Å². The minimum absolute atomic E-state index is 0.0926. The van der Waals surface area contributed by atoms with Gasteiger partial charge in [0.05, 0.1) is 5.56 Å². The van der Waals surface area contributed by atoms with Crippen LogP contribution in [-0.2, 0) is 6.42 Å². The van der Waals surface area contributed by atoms with Crippen molar-refractivity contribution in [2.45, 2.75) is 19.3 Å². The molecule has 0 atom stereocenters. The summed E-state index contributed by atoms with van der Waals surface area (Å²) >= 11 is 0. The minimum Gasteiger partial charge on any atom is -0.352 e. The molecule has 0 unspecified atom stereocenters. The average Bonchev–Trinajstić information content (AvgIpc) is 2.69. The maximum atomic E-state index is 11.9. The van der Waals surface area contributed by atoms with Crippen molar-refractivity contribution in [2.75, 3.05) is 6.54 Å². The van der Waals surface area contributed by atoms with Gasteiger partial charge in [-0.05, 0) is 48.6 Å². The number of pyridine rings is 1. The highest BCUT2D eigenvalue weighted by atomic mass is 16.1. The van der Waals surface area contributed by atoms with Gasteiger partial charge < -0.3 is 5.32 Å². The molecule has 26 heavy (non-hydrogen) atoms. The standard InChI is InChI=1S/C20H20N4O2/c25-19(17-5-3-11-21-14-17)22-12-2-1-4-15-6-8-16(9-7-15)18-10-13-23-24-20(18)26/h3,5-11,13-14H,1-2,4,12H2,(H,22,25)(H,24,26).